The number of primary amides is 1. The molecule has 1 amide bonds. The zero-order valence-corrected chi connectivity index (χ0v) is 14.4. The summed E-state index contributed by atoms with van der Waals surface area (Å²) in [6, 6.07) is 11.1. The molecule has 0 aliphatic rings. The molecule has 0 aliphatic carbocycles. The van der Waals surface area contributed by atoms with Crippen molar-refractivity contribution in [1.82, 2.24) is 9.78 Å². The molecule has 9 heteroatoms. The predicted octanol–water partition coefficient (Wildman–Crippen LogP) is 4.96. The first-order valence-corrected chi connectivity index (χ1v) is 7.95. The van der Waals surface area contributed by atoms with Gasteiger partial charge in [-0.1, -0.05) is 23.2 Å². The Hall–Kier alpha value is -2.51. The third-order valence-corrected chi connectivity index (χ3v) is 4.15. The first-order valence-electron chi connectivity index (χ1n) is 7.20. The maximum absolute atomic E-state index is 13.2. The molecule has 0 saturated carbocycles. The molecular weight excluding hydrogens is 390 g/mol. The Morgan fingerprint density at radius 1 is 1.04 bits per heavy atom. The van der Waals surface area contributed by atoms with Crippen molar-refractivity contribution in [3.05, 3.63) is 69.8 Å². The van der Waals surface area contributed by atoms with Crippen LogP contribution in [0, 0.1) is 0 Å². The smallest absolute Gasteiger partial charge is 0.366 e. The number of aromatic nitrogens is 2. The number of rotatable bonds is 3. The molecule has 26 heavy (non-hydrogen) atoms. The highest BCUT2D eigenvalue weighted by Crippen LogP contribution is 2.36. The molecule has 0 unspecified atom stereocenters. The molecule has 134 valence electrons. The summed E-state index contributed by atoms with van der Waals surface area (Å²) in [6.45, 7) is 0. The largest absolute Gasteiger partial charge is 0.435 e. The molecule has 1 aromatic heterocycles. The van der Waals surface area contributed by atoms with Crippen LogP contribution in [0.2, 0.25) is 10.0 Å². The third-order valence-electron chi connectivity index (χ3n) is 3.60. The molecule has 3 aromatic rings. The lowest BCUT2D eigenvalue weighted by Crippen LogP contribution is -2.11. The minimum absolute atomic E-state index is 0.130. The summed E-state index contributed by atoms with van der Waals surface area (Å²) < 4.78 is 40.6. The Labute approximate surface area is 155 Å². The average molecular weight is 400 g/mol. The van der Waals surface area contributed by atoms with E-state index in [1.165, 1.54) is 42.5 Å². The van der Waals surface area contributed by atoms with E-state index in [0.717, 1.165) is 10.7 Å². The Balaban J connectivity index is 2.20. The molecule has 0 aliphatic heterocycles. The van der Waals surface area contributed by atoms with Gasteiger partial charge in [0.05, 0.1) is 16.4 Å². The number of nitrogens with zero attached hydrogens (tertiary/aromatic N) is 2. The van der Waals surface area contributed by atoms with Gasteiger partial charge in [0.2, 0.25) is 5.91 Å². The molecule has 2 aromatic carbocycles. The van der Waals surface area contributed by atoms with Gasteiger partial charge in [-0.2, -0.15) is 18.3 Å². The number of benzene rings is 2. The molecule has 4 nitrogen and oxygen atoms in total. The maximum atomic E-state index is 13.2. The fraction of sp³-hybridized carbons (Fsp3) is 0.0588. The number of halogens is 5. The van der Waals surface area contributed by atoms with E-state index in [2.05, 4.69) is 5.10 Å². The Morgan fingerprint density at radius 3 is 2.23 bits per heavy atom. The highest BCUT2D eigenvalue weighted by atomic mass is 35.5. The van der Waals surface area contributed by atoms with Crippen molar-refractivity contribution >= 4 is 29.1 Å². The van der Waals surface area contributed by atoms with Crippen LogP contribution in [-0.4, -0.2) is 15.7 Å². The fourth-order valence-corrected chi connectivity index (χ4v) is 2.88. The molecule has 0 radical (unpaired) electrons. The van der Waals surface area contributed by atoms with Gasteiger partial charge in [0.1, 0.15) is 0 Å². The second-order valence-electron chi connectivity index (χ2n) is 5.36. The van der Waals surface area contributed by atoms with Gasteiger partial charge in [0.15, 0.2) is 5.69 Å². The number of nitrogens with two attached hydrogens (primary N) is 1. The lowest BCUT2D eigenvalue weighted by molar-refractivity contribution is -0.141. The first-order chi connectivity index (χ1) is 12.2. The van der Waals surface area contributed by atoms with E-state index in [9.17, 15) is 18.0 Å². The lowest BCUT2D eigenvalue weighted by atomic mass is 10.1. The van der Waals surface area contributed by atoms with Crippen molar-refractivity contribution in [1.29, 1.82) is 0 Å². The summed E-state index contributed by atoms with van der Waals surface area (Å²) in [7, 11) is 0. The van der Waals surface area contributed by atoms with E-state index < -0.39 is 17.8 Å². The van der Waals surface area contributed by atoms with Crippen molar-refractivity contribution in [2.24, 2.45) is 5.73 Å². The van der Waals surface area contributed by atoms with E-state index in [1.54, 1.807) is 0 Å². The summed E-state index contributed by atoms with van der Waals surface area (Å²) in [5.41, 5.74) is 5.11. The van der Waals surface area contributed by atoms with Gasteiger partial charge >= 0.3 is 6.18 Å². The zero-order chi connectivity index (χ0) is 19.1. The Morgan fingerprint density at radius 2 is 1.69 bits per heavy atom. The highest BCUT2D eigenvalue weighted by molar-refractivity contribution is 6.36. The number of hydrogen-bond acceptors (Lipinski definition) is 2. The maximum Gasteiger partial charge on any atom is 0.435 e. The highest BCUT2D eigenvalue weighted by Gasteiger charge is 2.35. The SMILES string of the molecule is NC(=O)c1ccc(-n2nc(C(F)(F)F)cc2-c2ccc(Cl)cc2Cl)cc1. The van der Waals surface area contributed by atoms with Gasteiger partial charge < -0.3 is 5.73 Å². The summed E-state index contributed by atoms with van der Waals surface area (Å²) >= 11 is 12.0. The van der Waals surface area contributed by atoms with Crippen LogP contribution in [0.4, 0.5) is 13.2 Å². The number of carbonyl (C=O) groups excluding carboxylic acids is 1. The molecule has 0 fully saturated rings. The summed E-state index contributed by atoms with van der Waals surface area (Å²) in [5, 5.41) is 4.19. The van der Waals surface area contributed by atoms with Crippen molar-refractivity contribution in [2.45, 2.75) is 6.18 Å². The minimum atomic E-state index is -4.63. The van der Waals surface area contributed by atoms with E-state index in [0.29, 0.717) is 16.3 Å². The summed E-state index contributed by atoms with van der Waals surface area (Å²) in [5.74, 6) is -0.644. The van der Waals surface area contributed by atoms with Gasteiger partial charge in [-0.05, 0) is 48.5 Å². The lowest BCUT2D eigenvalue weighted by Gasteiger charge is -2.10. The quantitative estimate of drug-likeness (QED) is 0.676. The van der Waals surface area contributed by atoms with Gasteiger partial charge in [-0.25, -0.2) is 4.68 Å². The summed E-state index contributed by atoms with van der Waals surface area (Å²) in [4.78, 5) is 11.2. The van der Waals surface area contributed by atoms with Crippen LogP contribution in [0.5, 0.6) is 0 Å². The van der Waals surface area contributed by atoms with Crippen molar-refractivity contribution in [3.8, 4) is 16.9 Å². The van der Waals surface area contributed by atoms with Crippen LogP contribution in [0.25, 0.3) is 16.9 Å². The normalized spacial score (nSPS) is 11.6. The second kappa shape index (κ2) is 6.66. The van der Waals surface area contributed by atoms with E-state index >= 15 is 0 Å². The second-order valence-corrected chi connectivity index (χ2v) is 6.20. The van der Waals surface area contributed by atoms with Gasteiger partial charge in [-0.15, -0.1) is 0 Å². The van der Waals surface area contributed by atoms with Crippen LogP contribution in [0.15, 0.2) is 48.5 Å². The number of amides is 1. The fourth-order valence-electron chi connectivity index (χ4n) is 2.37. The van der Waals surface area contributed by atoms with Crippen LogP contribution >= 0.6 is 23.2 Å². The van der Waals surface area contributed by atoms with Crippen LogP contribution in [0.3, 0.4) is 0 Å². The van der Waals surface area contributed by atoms with Crippen LogP contribution in [-0.2, 0) is 6.18 Å². The molecule has 0 bridgehead atoms. The van der Waals surface area contributed by atoms with Crippen LogP contribution in [0.1, 0.15) is 16.1 Å². The zero-order valence-electron chi connectivity index (χ0n) is 12.9. The number of hydrogen-bond donors (Lipinski definition) is 1. The molecule has 0 spiro atoms. The Kier molecular flexibility index (Phi) is 4.68. The molecule has 0 saturated heterocycles. The van der Waals surface area contributed by atoms with Crippen molar-refractivity contribution < 1.29 is 18.0 Å². The molecular formula is C17H10Cl2F3N3O. The monoisotopic (exact) mass is 399 g/mol. The van der Waals surface area contributed by atoms with E-state index in [-0.39, 0.29) is 16.3 Å². The minimum Gasteiger partial charge on any atom is -0.366 e. The van der Waals surface area contributed by atoms with Crippen LogP contribution < -0.4 is 5.73 Å². The summed E-state index contributed by atoms with van der Waals surface area (Å²) in [6.07, 6.45) is -4.63. The average Bonchev–Trinajstić information content (AvgIpc) is 3.00. The van der Waals surface area contributed by atoms with Crippen molar-refractivity contribution in [3.63, 3.8) is 0 Å². The molecule has 2 N–H and O–H groups in total. The van der Waals surface area contributed by atoms with Gasteiger partial charge in [-0.3, -0.25) is 4.79 Å². The third kappa shape index (κ3) is 3.54. The molecule has 0 atom stereocenters. The molecule has 1 heterocycles. The number of alkyl halides is 3. The molecule has 3 rings (SSSR count). The number of carbonyl (C=O) groups is 1. The van der Waals surface area contributed by atoms with Crippen molar-refractivity contribution in [2.75, 3.05) is 0 Å². The first kappa shape index (κ1) is 18.3. The van der Waals surface area contributed by atoms with E-state index in [1.807, 2.05) is 0 Å². The predicted molar refractivity (Wildman–Crippen MR) is 92.5 cm³/mol. The van der Waals surface area contributed by atoms with Gasteiger partial charge in [0, 0.05) is 16.1 Å². The van der Waals surface area contributed by atoms with E-state index in [4.69, 9.17) is 28.9 Å². The Bertz CT molecular complexity index is 982. The standard InChI is InChI=1S/C17H10Cl2F3N3O/c18-10-3-6-12(13(19)7-10)14-8-15(17(20,21)22)24-25(14)11-4-1-9(2-5-11)16(23)26/h1-8H,(H2,23,26). The van der Waals surface area contributed by atoms with Gasteiger partial charge in [0.25, 0.3) is 0 Å². The topological polar surface area (TPSA) is 60.9 Å².